The topological polar surface area (TPSA) is 65.5 Å². The third-order valence-corrected chi connectivity index (χ3v) is 5.55. The van der Waals surface area contributed by atoms with Gasteiger partial charge in [0.25, 0.3) is 5.91 Å². The normalized spacial score (nSPS) is 19.7. The minimum absolute atomic E-state index is 0.0656. The van der Waals surface area contributed by atoms with Gasteiger partial charge in [-0.15, -0.1) is 0 Å². The molecule has 0 spiro atoms. The Balaban J connectivity index is 1.35. The number of aromatic nitrogens is 1. The first kappa shape index (κ1) is 18.6. The van der Waals surface area contributed by atoms with Crippen LogP contribution in [0.2, 0.25) is 0 Å². The van der Waals surface area contributed by atoms with Crippen LogP contribution in [-0.2, 0) is 11.2 Å². The van der Waals surface area contributed by atoms with E-state index in [4.69, 9.17) is 0 Å². The molecule has 1 N–H and O–H groups in total. The van der Waals surface area contributed by atoms with Gasteiger partial charge in [-0.05, 0) is 56.0 Å². The molecule has 1 atom stereocenters. The first-order valence-electron chi connectivity index (χ1n) is 10.0. The van der Waals surface area contributed by atoms with Crippen molar-refractivity contribution < 1.29 is 9.59 Å². The standard InChI is InChI=1S/C22H26N4O2/c27-21(26-14-3-6-17-5-1-2-8-20(17)26)16-25-13-4-7-19(15-25)24-22(28)18-9-11-23-12-10-18/h1-2,5,8-12,19H,3-4,6-7,13-16H2,(H,24,28). The quantitative estimate of drug-likeness (QED) is 0.886. The number of anilines is 1. The second-order valence-corrected chi connectivity index (χ2v) is 7.56. The number of carbonyl (C=O) groups is 2. The number of likely N-dealkylation sites (tertiary alicyclic amines) is 1. The van der Waals surface area contributed by atoms with Crippen LogP contribution in [0.15, 0.2) is 48.8 Å². The van der Waals surface area contributed by atoms with Crippen molar-refractivity contribution in [2.75, 3.05) is 31.1 Å². The average Bonchev–Trinajstić information content (AvgIpc) is 2.74. The zero-order chi connectivity index (χ0) is 19.3. The Morgan fingerprint density at radius 3 is 2.75 bits per heavy atom. The summed E-state index contributed by atoms with van der Waals surface area (Å²) >= 11 is 0. The zero-order valence-electron chi connectivity index (χ0n) is 16.0. The van der Waals surface area contributed by atoms with Crippen molar-refractivity contribution in [1.29, 1.82) is 0 Å². The first-order valence-corrected chi connectivity index (χ1v) is 10.0. The number of piperidine rings is 1. The molecule has 1 unspecified atom stereocenters. The molecule has 1 aromatic carbocycles. The van der Waals surface area contributed by atoms with Crippen molar-refractivity contribution in [3.63, 3.8) is 0 Å². The minimum atomic E-state index is -0.0782. The van der Waals surface area contributed by atoms with Gasteiger partial charge in [0.2, 0.25) is 5.91 Å². The summed E-state index contributed by atoms with van der Waals surface area (Å²) in [6.45, 7) is 2.78. The summed E-state index contributed by atoms with van der Waals surface area (Å²) < 4.78 is 0. The highest BCUT2D eigenvalue weighted by Crippen LogP contribution is 2.27. The molecule has 2 aromatic rings. The number of fused-ring (bicyclic) bond motifs is 1. The Morgan fingerprint density at radius 2 is 1.89 bits per heavy atom. The fourth-order valence-corrected chi connectivity index (χ4v) is 4.16. The highest BCUT2D eigenvalue weighted by Gasteiger charge is 2.27. The van der Waals surface area contributed by atoms with E-state index in [-0.39, 0.29) is 17.9 Å². The van der Waals surface area contributed by atoms with E-state index in [0.29, 0.717) is 18.7 Å². The Bertz CT molecular complexity index is 839. The molecule has 3 heterocycles. The molecule has 1 aromatic heterocycles. The predicted molar refractivity (Wildman–Crippen MR) is 108 cm³/mol. The van der Waals surface area contributed by atoms with Crippen LogP contribution < -0.4 is 10.2 Å². The second-order valence-electron chi connectivity index (χ2n) is 7.56. The molecular formula is C22H26N4O2. The van der Waals surface area contributed by atoms with Crippen LogP contribution in [0.4, 0.5) is 5.69 Å². The fourth-order valence-electron chi connectivity index (χ4n) is 4.16. The molecule has 0 radical (unpaired) electrons. The first-order chi connectivity index (χ1) is 13.7. The third kappa shape index (κ3) is 4.22. The lowest BCUT2D eigenvalue weighted by molar-refractivity contribution is -0.120. The van der Waals surface area contributed by atoms with Gasteiger partial charge in [0, 0.05) is 42.8 Å². The highest BCUT2D eigenvalue weighted by atomic mass is 16.2. The van der Waals surface area contributed by atoms with Crippen molar-refractivity contribution in [3.8, 4) is 0 Å². The molecule has 6 heteroatoms. The molecule has 1 fully saturated rings. The molecule has 2 aliphatic rings. The predicted octanol–water partition coefficient (Wildman–Crippen LogP) is 2.26. The lowest BCUT2D eigenvalue weighted by Gasteiger charge is -2.35. The number of nitrogens with zero attached hydrogens (tertiary/aromatic N) is 3. The maximum Gasteiger partial charge on any atom is 0.251 e. The van der Waals surface area contributed by atoms with Crippen molar-refractivity contribution in [3.05, 3.63) is 59.9 Å². The number of aryl methyl sites for hydroxylation is 1. The van der Waals surface area contributed by atoms with E-state index >= 15 is 0 Å². The van der Waals surface area contributed by atoms with Gasteiger partial charge in [-0.3, -0.25) is 19.5 Å². The van der Waals surface area contributed by atoms with Gasteiger partial charge in [0.15, 0.2) is 0 Å². The maximum absolute atomic E-state index is 13.0. The number of rotatable bonds is 4. The van der Waals surface area contributed by atoms with Gasteiger partial charge in [0.1, 0.15) is 0 Å². The summed E-state index contributed by atoms with van der Waals surface area (Å²) in [7, 11) is 0. The maximum atomic E-state index is 13.0. The molecule has 146 valence electrons. The van der Waals surface area contributed by atoms with Gasteiger partial charge in [0.05, 0.1) is 6.54 Å². The summed E-state index contributed by atoms with van der Waals surface area (Å²) in [6, 6.07) is 11.7. The minimum Gasteiger partial charge on any atom is -0.348 e. The van der Waals surface area contributed by atoms with Crippen molar-refractivity contribution in [1.82, 2.24) is 15.2 Å². The van der Waals surface area contributed by atoms with Crippen molar-refractivity contribution in [2.45, 2.75) is 31.7 Å². The monoisotopic (exact) mass is 378 g/mol. The Morgan fingerprint density at radius 1 is 1.07 bits per heavy atom. The Kier molecular flexibility index (Phi) is 5.67. The fraction of sp³-hybridized carbons (Fsp3) is 0.409. The molecule has 2 aliphatic heterocycles. The van der Waals surface area contributed by atoms with E-state index in [1.165, 1.54) is 5.56 Å². The van der Waals surface area contributed by atoms with Gasteiger partial charge < -0.3 is 10.2 Å². The van der Waals surface area contributed by atoms with E-state index in [0.717, 1.165) is 44.5 Å². The van der Waals surface area contributed by atoms with E-state index in [1.54, 1.807) is 24.5 Å². The molecule has 0 bridgehead atoms. The lowest BCUT2D eigenvalue weighted by atomic mass is 10.0. The van der Waals surface area contributed by atoms with Crippen LogP contribution in [0.3, 0.4) is 0 Å². The summed E-state index contributed by atoms with van der Waals surface area (Å²) in [5.74, 6) is 0.0683. The Hall–Kier alpha value is -2.73. The van der Waals surface area contributed by atoms with Crippen LogP contribution in [-0.4, -0.2) is 53.9 Å². The van der Waals surface area contributed by atoms with Gasteiger partial charge in [-0.2, -0.15) is 0 Å². The molecule has 0 aliphatic carbocycles. The number of benzene rings is 1. The molecule has 1 saturated heterocycles. The van der Waals surface area contributed by atoms with E-state index in [9.17, 15) is 9.59 Å². The largest absolute Gasteiger partial charge is 0.348 e. The summed E-state index contributed by atoms with van der Waals surface area (Å²) in [4.78, 5) is 33.4. The Labute approximate surface area is 165 Å². The third-order valence-electron chi connectivity index (χ3n) is 5.55. The zero-order valence-corrected chi connectivity index (χ0v) is 16.0. The summed E-state index contributed by atoms with van der Waals surface area (Å²) in [5, 5.41) is 3.10. The number of nitrogens with one attached hydrogen (secondary N) is 1. The number of amides is 2. The number of hydrogen-bond donors (Lipinski definition) is 1. The van der Waals surface area contributed by atoms with Crippen molar-refractivity contribution in [2.24, 2.45) is 0 Å². The molecule has 2 amide bonds. The molecule has 28 heavy (non-hydrogen) atoms. The number of pyridine rings is 1. The van der Waals surface area contributed by atoms with Gasteiger partial charge >= 0.3 is 0 Å². The average molecular weight is 378 g/mol. The van der Waals surface area contributed by atoms with Gasteiger partial charge in [-0.25, -0.2) is 0 Å². The number of para-hydroxylation sites is 1. The van der Waals surface area contributed by atoms with Crippen LogP contribution in [0.1, 0.15) is 35.2 Å². The molecule has 0 saturated carbocycles. The van der Waals surface area contributed by atoms with Gasteiger partial charge in [-0.1, -0.05) is 18.2 Å². The highest BCUT2D eigenvalue weighted by molar-refractivity contribution is 5.96. The smallest absolute Gasteiger partial charge is 0.251 e. The summed E-state index contributed by atoms with van der Waals surface area (Å²) in [6.07, 6.45) is 7.20. The van der Waals surface area contributed by atoms with E-state index < -0.39 is 0 Å². The van der Waals surface area contributed by atoms with Crippen LogP contribution >= 0.6 is 0 Å². The summed E-state index contributed by atoms with van der Waals surface area (Å²) in [5.41, 5.74) is 2.93. The SMILES string of the molecule is O=C(NC1CCCN(CC(=O)N2CCCc3ccccc32)C1)c1ccncc1. The van der Waals surface area contributed by atoms with Crippen LogP contribution in [0.5, 0.6) is 0 Å². The lowest BCUT2D eigenvalue weighted by Crippen LogP contribution is -2.51. The number of hydrogen-bond acceptors (Lipinski definition) is 4. The molecular weight excluding hydrogens is 352 g/mol. The van der Waals surface area contributed by atoms with E-state index in [2.05, 4.69) is 21.3 Å². The molecule has 6 nitrogen and oxygen atoms in total. The van der Waals surface area contributed by atoms with Crippen molar-refractivity contribution >= 4 is 17.5 Å². The number of carbonyl (C=O) groups excluding carboxylic acids is 2. The van der Waals surface area contributed by atoms with Crippen LogP contribution in [0, 0.1) is 0 Å². The molecule has 4 rings (SSSR count). The second kappa shape index (κ2) is 8.52. The van der Waals surface area contributed by atoms with E-state index in [1.807, 2.05) is 23.1 Å². The van der Waals surface area contributed by atoms with Crippen LogP contribution in [0.25, 0.3) is 0 Å².